The van der Waals surface area contributed by atoms with Crippen molar-refractivity contribution >= 4 is 24.1 Å². The topological polar surface area (TPSA) is 151 Å². The van der Waals surface area contributed by atoms with Crippen LogP contribution in [0.5, 0.6) is 11.5 Å². The second-order valence-electron chi connectivity index (χ2n) is 11.4. The van der Waals surface area contributed by atoms with Crippen LogP contribution in [0.1, 0.15) is 86.1 Å². The van der Waals surface area contributed by atoms with Gasteiger partial charge in [-0.3, -0.25) is 14.4 Å². The molecule has 0 heterocycles. The van der Waals surface area contributed by atoms with Crippen molar-refractivity contribution < 1.29 is 43.2 Å². The maximum atomic E-state index is 12.6. The Kier molecular flexibility index (Phi) is 11.6. The number of carboxylic acids is 1. The van der Waals surface area contributed by atoms with E-state index in [0.717, 1.165) is 0 Å². The molecule has 0 bridgehead atoms. The fourth-order valence-corrected chi connectivity index (χ4v) is 3.49. The molecule has 10 heteroatoms. The number of nitrogens with two attached hydrogens (primary N) is 1. The van der Waals surface area contributed by atoms with E-state index >= 15 is 0 Å². The molecule has 0 spiro atoms. The maximum absolute atomic E-state index is 12.6. The van der Waals surface area contributed by atoms with E-state index in [9.17, 15) is 24.3 Å². The van der Waals surface area contributed by atoms with E-state index in [0.29, 0.717) is 5.56 Å². The number of hydrogen-bond donors (Lipinski definition) is 2. The molecule has 0 amide bonds. The number of benzene rings is 1. The molecule has 3 N–H and O–H groups in total. The number of hydrogen-bond acceptors (Lipinski definition) is 9. The van der Waals surface area contributed by atoms with Gasteiger partial charge in [-0.05, 0) is 48.8 Å². The summed E-state index contributed by atoms with van der Waals surface area (Å²) in [5, 5.41) is 9.60. The molecule has 0 aromatic heterocycles. The number of carbonyl (C=O) groups excluding carboxylic acids is 3. The highest BCUT2D eigenvalue weighted by atomic mass is 16.7. The summed E-state index contributed by atoms with van der Waals surface area (Å²) in [5.74, 6) is -3.16. The Balaban J connectivity index is 3.39. The van der Waals surface area contributed by atoms with Crippen LogP contribution in [-0.4, -0.2) is 47.9 Å². The van der Waals surface area contributed by atoms with Crippen LogP contribution in [0.15, 0.2) is 18.2 Å². The van der Waals surface area contributed by atoms with Crippen LogP contribution in [0, 0.1) is 10.8 Å². The van der Waals surface area contributed by atoms with E-state index in [1.165, 1.54) is 12.1 Å². The summed E-state index contributed by atoms with van der Waals surface area (Å²) in [6, 6.07) is 3.06. The number of carboxylic acid groups (broad SMARTS) is 1. The lowest BCUT2D eigenvalue weighted by molar-refractivity contribution is -0.139. The molecule has 0 radical (unpaired) electrons. The second-order valence-corrected chi connectivity index (χ2v) is 11.4. The van der Waals surface area contributed by atoms with E-state index in [-0.39, 0.29) is 48.2 Å². The summed E-state index contributed by atoms with van der Waals surface area (Å²) in [4.78, 5) is 48.6. The van der Waals surface area contributed by atoms with E-state index in [4.69, 9.17) is 24.7 Å². The lowest BCUT2D eigenvalue weighted by atomic mass is 9.87. The van der Waals surface area contributed by atoms with Gasteiger partial charge in [-0.15, -0.1) is 0 Å². The molecule has 2 unspecified atom stereocenters. The Morgan fingerprint density at radius 3 is 1.89 bits per heavy atom. The summed E-state index contributed by atoms with van der Waals surface area (Å²) in [6.45, 7) is 14.6. The van der Waals surface area contributed by atoms with Gasteiger partial charge in [-0.1, -0.05) is 47.6 Å². The molecule has 1 aromatic carbocycles. The van der Waals surface area contributed by atoms with E-state index < -0.39 is 42.1 Å². The first-order chi connectivity index (χ1) is 16.9. The van der Waals surface area contributed by atoms with Crippen LogP contribution in [0.4, 0.5) is 4.79 Å². The van der Waals surface area contributed by atoms with Gasteiger partial charge in [0.1, 0.15) is 12.1 Å². The highest BCUT2D eigenvalue weighted by Crippen LogP contribution is 2.36. The van der Waals surface area contributed by atoms with E-state index in [1.807, 2.05) is 41.5 Å². The molecule has 1 rings (SSSR count). The van der Waals surface area contributed by atoms with Crippen LogP contribution in [0.25, 0.3) is 0 Å². The van der Waals surface area contributed by atoms with Gasteiger partial charge in [0, 0.05) is 5.92 Å². The van der Waals surface area contributed by atoms with Crippen LogP contribution in [0.2, 0.25) is 0 Å². The zero-order chi connectivity index (χ0) is 28.6. The molecule has 10 nitrogen and oxygen atoms in total. The SMILES string of the molecule is CCOC(=O)OC(C)CC(c1ccc(OC(=O)CC(C)(C)C)c(OC(=O)CC(C)(C)C)c1)[C@H](N)C(=O)O. The van der Waals surface area contributed by atoms with Gasteiger partial charge in [0.15, 0.2) is 11.5 Å². The number of rotatable bonds is 11. The minimum Gasteiger partial charge on any atom is -0.480 e. The third kappa shape index (κ3) is 12.1. The van der Waals surface area contributed by atoms with Crippen molar-refractivity contribution in [3.8, 4) is 11.5 Å². The van der Waals surface area contributed by atoms with Crippen LogP contribution in [-0.2, 0) is 23.9 Å². The van der Waals surface area contributed by atoms with Crippen LogP contribution in [0.3, 0.4) is 0 Å². The molecule has 1 aromatic rings. The Hall–Kier alpha value is -3.14. The predicted molar refractivity (Wildman–Crippen MR) is 136 cm³/mol. The lowest BCUT2D eigenvalue weighted by Gasteiger charge is -2.25. The molecule has 0 saturated carbocycles. The second kappa shape index (κ2) is 13.4. The molecule has 0 aliphatic carbocycles. The molecule has 208 valence electrons. The zero-order valence-corrected chi connectivity index (χ0v) is 23.1. The molecule has 0 aliphatic heterocycles. The molecule has 0 aliphatic rings. The molecule has 0 saturated heterocycles. The molecule has 3 atom stereocenters. The highest BCUT2D eigenvalue weighted by Gasteiger charge is 2.31. The minimum atomic E-state index is -1.36. The Morgan fingerprint density at radius 2 is 1.43 bits per heavy atom. The van der Waals surface area contributed by atoms with Gasteiger partial charge < -0.3 is 29.8 Å². The van der Waals surface area contributed by atoms with Crippen LogP contribution < -0.4 is 15.2 Å². The summed E-state index contributed by atoms with van der Waals surface area (Å²) in [7, 11) is 0. The van der Waals surface area contributed by atoms with Gasteiger partial charge in [0.2, 0.25) is 0 Å². The predicted octanol–water partition coefficient (Wildman–Crippen LogP) is 4.82. The van der Waals surface area contributed by atoms with E-state index in [2.05, 4.69) is 0 Å². The largest absolute Gasteiger partial charge is 0.508 e. The fourth-order valence-electron chi connectivity index (χ4n) is 3.49. The first-order valence-electron chi connectivity index (χ1n) is 12.3. The minimum absolute atomic E-state index is 0.0266. The summed E-state index contributed by atoms with van der Waals surface area (Å²) < 4.78 is 21.0. The first kappa shape index (κ1) is 31.9. The third-order valence-electron chi connectivity index (χ3n) is 5.06. The molecular weight excluding hydrogens is 482 g/mol. The van der Waals surface area contributed by atoms with Gasteiger partial charge in [-0.2, -0.15) is 0 Å². The summed E-state index contributed by atoms with van der Waals surface area (Å²) in [5.41, 5.74) is 5.71. The quantitative estimate of drug-likeness (QED) is 0.305. The maximum Gasteiger partial charge on any atom is 0.508 e. The van der Waals surface area contributed by atoms with Crippen molar-refractivity contribution in [1.82, 2.24) is 0 Å². The average molecular weight is 524 g/mol. The van der Waals surface area contributed by atoms with E-state index in [1.54, 1.807) is 19.9 Å². The van der Waals surface area contributed by atoms with Crippen molar-refractivity contribution in [2.45, 2.75) is 92.7 Å². The molecule has 0 fully saturated rings. The molecule has 37 heavy (non-hydrogen) atoms. The highest BCUT2D eigenvalue weighted by molar-refractivity contribution is 5.77. The van der Waals surface area contributed by atoms with Gasteiger partial charge in [0.05, 0.1) is 19.4 Å². The van der Waals surface area contributed by atoms with Gasteiger partial charge in [-0.25, -0.2) is 4.79 Å². The normalized spacial score (nSPS) is 14.2. The fraction of sp³-hybridized carbons (Fsp3) is 0.630. The number of ether oxygens (including phenoxy) is 4. The monoisotopic (exact) mass is 523 g/mol. The van der Waals surface area contributed by atoms with Crippen molar-refractivity contribution in [1.29, 1.82) is 0 Å². The standard InChI is InChI=1S/C27H41NO9/c1-9-34-25(33)35-16(2)12-18(23(28)24(31)32)17-10-11-19(36-21(29)14-26(3,4)5)20(13-17)37-22(30)15-27(6,7)8/h10-11,13,16,18,23H,9,12,14-15,28H2,1-8H3,(H,31,32)/t16?,18?,23-/m0/s1. The smallest absolute Gasteiger partial charge is 0.480 e. The lowest BCUT2D eigenvalue weighted by Crippen LogP contribution is -2.38. The third-order valence-corrected chi connectivity index (χ3v) is 5.06. The number of aliphatic carboxylic acids is 1. The van der Waals surface area contributed by atoms with Crippen molar-refractivity contribution in [3.05, 3.63) is 23.8 Å². The van der Waals surface area contributed by atoms with Gasteiger partial charge >= 0.3 is 24.1 Å². The number of esters is 2. The summed E-state index contributed by atoms with van der Waals surface area (Å²) in [6.07, 6.45) is -1.35. The van der Waals surface area contributed by atoms with Crippen molar-refractivity contribution in [2.75, 3.05) is 6.61 Å². The summed E-state index contributed by atoms with van der Waals surface area (Å²) >= 11 is 0. The van der Waals surface area contributed by atoms with Crippen molar-refractivity contribution in [2.24, 2.45) is 16.6 Å². The zero-order valence-electron chi connectivity index (χ0n) is 23.1. The van der Waals surface area contributed by atoms with Crippen molar-refractivity contribution in [3.63, 3.8) is 0 Å². The molecular formula is C27H41NO9. The number of carbonyl (C=O) groups is 4. The average Bonchev–Trinajstić information content (AvgIpc) is 2.70. The first-order valence-corrected chi connectivity index (χ1v) is 12.3. The van der Waals surface area contributed by atoms with Crippen LogP contribution >= 0.6 is 0 Å². The Labute approximate surface area is 218 Å². The Morgan fingerprint density at radius 1 is 0.919 bits per heavy atom. The van der Waals surface area contributed by atoms with Gasteiger partial charge in [0.25, 0.3) is 0 Å². The Bertz CT molecular complexity index is 960.